The quantitative estimate of drug-likeness (QED) is 0.227. The molecule has 0 heterocycles. The van der Waals surface area contributed by atoms with Crippen LogP contribution >= 0.6 is 0 Å². The minimum absolute atomic E-state index is 1.12. The molecule has 0 nitrogen and oxygen atoms in total. The van der Waals surface area contributed by atoms with Crippen molar-refractivity contribution in [2.24, 2.45) is 452 Å². The van der Waals surface area contributed by atoms with Gasteiger partial charge in [-0.15, -0.1) is 0 Å². The predicted molar refractivity (Wildman–Crippen MR) is 370 cm³/mol. The SMILES string of the molecule is C1C2C3C4C5C6C7CC8C9C%10C%11C%12C%13C%14C%15C%16C%17C%18C%19C%20CC%21C%22C%23C%24C%25C%26CC%27C%28C%29C%30C%31C%32C%33C%34C%35C%36C%37C%38C1C21C32C43C54C65C78C96C%107C%118C%129C%13%10C%14%11C%15%12C%16%13C%17%14C%18%15C%19%16C%21%20C%22%17C%23%18C%24%19C%25%20C%26%27C%28%21C%29%22C%30%23C%31%24C%32%25C%33%26C%34%27C%35%28C%36%29C%37%30C%381C21C32C43C56C74C85C96C%107C%118C%129C%13%10C%14%11C%15%12C%17%16C%18%13C%19%14C%20%21C%22%15C%23%16C%24%17C%25%18C%26%19C%27%20C%28%21C%29%22C%301C21C34C52C%221C%211C62C72C%201C%191C%183C%174C%165C%14%15C%13%12C%115C%104C93C821. The van der Waals surface area contributed by atoms with Crippen LogP contribution in [0, 0.1) is 647 Å². The van der Waals surface area contributed by atoms with Crippen molar-refractivity contribution in [3.8, 4) is 0 Å². The summed E-state index contributed by atoms with van der Waals surface area (Å²) >= 11 is 0. The molecule has 526 valence electrons. The van der Waals surface area contributed by atoms with E-state index < -0.39 is 0 Å². The third kappa shape index (κ3) is 0.621. The van der Waals surface area contributed by atoms with E-state index in [9.17, 15) is 0 Å². The Balaban J connectivity index is 0.543. The third-order valence-electron chi connectivity index (χ3n) is 115. The van der Waals surface area contributed by atoms with E-state index in [-0.39, 0.29) is 0 Å². The fourth-order valence-corrected chi connectivity index (χ4v) is 155. The van der Waals surface area contributed by atoms with Gasteiger partial charge in [-0.05, 0) is 673 Å². The fraction of sp³-hybridized carbons (Fsp3) is 1.00. The Bertz CT molecular complexity index is 9620. The van der Waals surface area contributed by atoms with Gasteiger partial charge in [0, 0.05) is 0 Å². The van der Waals surface area contributed by atoms with Crippen LogP contribution in [0.25, 0.3) is 0 Å². The molecule has 108 unspecified atom stereocenters. The third-order valence-corrected chi connectivity index (χ3v) is 115. The molecule has 98 aliphatic carbocycles. The van der Waals surface area contributed by atoms with Crippen molar-refractivity contribution >= 4 is 0 Å². The van der Waals surface area contributed by atoms with E-state index in [1.54, 1.807) is 0 Å². The predicted octanol–water partition coefficient (Wildman–Crippen LogP) is 9.16. The molecule has 98 fully saturated rings. The van der Waals surface area contributed by atoms with Gasteiger partial charge < -0.3 is 0 Å². The molecule has 98 saturated carbocycles. The number of rotatable bonds is 0. The molecule has 0 heteroatoms. The highest BCUT2D eigenvalue weighted by molar-refractivity contribution is 6.98. The molecule has 0 aromatic rings. The monoisotopic (exact) mass is 1490 g/mol. The van der Waals surface area contributed by atoms with Crippen LogP contribution in [0.1, 0.15) is 25.7 Å². The van der Waals surface area contributed by atoms with Gasteiger partial charge in [-0.25, -0.2) is 0 Å². The summed E-state index contributed by atoms with van der Waals surface area (Å²) in [5, 5.41) is 0. The van der Waals surface area contributed by atoms with Crippen molar-refractivity contribution in [3.05, 3.63) is 195 Å². The molecule has 0 radical (unpaired) electrons. The first-order chi connectivity index (χ1) is 59.8. The lowest BCUT2D eigenvalue weighted by molar-refractivity contribution is -1.14. The van der Waals surface area contributed by atoms with Gasteiger partial charge in [-0.3, -0.25) is 0 Å². The molecule has 0 saturated heterocycles. The van der Waals surface area contributed by atoms with Gasteiger partial charge in [0.2, 0.25) is 0 Å². The second-order valence-electron chi connectivity index (χ2n) is 82.3. The summed E-state index contributed by atoms with van der Waals surface area (Å²) in [4.78, 5) is 0. The normalized spacial score (nSPS) is 160. The van der Waals surface area contributed by atoms with E-state index in [4.69, 9.17) is 0 Å². The molecule has 0 bridgehead atoms. The minimum Gasteiger partial charge on any atom is -0.0458 e. The van der Waals surface area contributed by atoms with Gasteiger partial charge >= 0.3 is 0 Å². The molecule has 98 aliphatic rings. The number of hydrogen-bond donors (Lipinski definition) is 0. The van der Waals surface area contributed by atoms with Gasteiger partial charge in [0.15, 0.2) is 0 Å². The topological polar surface area (TPSA) is 0 Å². The van der Waals surface area contributed by atoms with Crippen LogP contribution in [-0.2, 0) is 0 Å². The molecule has 0 aromatic carbocycles. The maximum absolute atomic E-state index is 1.95. The summed E-state index contributed by atoms with van der Waals surface area (Å²) in [6, 6.07) is 0. The zero-order valence-corrected chi connectivity index (χ0v) is 63.8. The standard InChI is InChI=1S/C120H46/c1-5-13-21-22-14-6-2-10-18-26-31-35-39-42-40-36-32-28-20-12-4-8-16-24-23-15-7-3-11-19-27-30-34-38-41-37-33-29-25-17-9(1)43(5)47(13)55(21)56(22)48(14)44(6,10)52(18)60(26)64(31)69(35)73(39)76(42)74(40)70(36)66(32)62(28)54(20)46(8,12)50(16)58(24)57(23)49(15)45(7,11)53(19)61(27)65(30)68(34)72(38)75(41)71(37)67(33)63(29)59(25)51(17,43)77(47)81(55)82(56)78(48,52)86(60)90(64)94(69)99(73)102(76)100(74)96(70)92(66)88(62)80(50,54)84(58)83(57)79(49,53)87(61)91(65)95(68)98(72)101(75)97(71)93(67)89(63)85(59,77)103(81)104(82,86)108(90)107(89,103)111(93)112(94,108)116(99)115(97,111)119(101)117(98)113(95)109(91)105(83,87)106(84,88)110(92,109)114(96,113)118(100,117)120(102,116)119/h5-42H,1-4H2. The van der Waals surface area contributed by atoms with Crippen LogP contribution in [0.5, 0.6) is 0 Å². The lowest BCUT2D eigenvalue weighted by atomic mass is 8.17. The Hall–Kier alpha value is 0. The lowest BCUT2D eigenvalue weighted by Crippen LogP contribution is -3.79. The van der Waals surface area contributed by atoms with E-state index in [0.717, 1.165) is 206 Å². The van der Waals surface area contributed by atoms with Crippen molar-refractivity contribution in [1.82, 2.24) is 0 Å². The highest BCUT2D eigenvalue weighted by Gasteiger charge is 3.93. The van der Waals surface area contributed by atoms with Gasteiger partial charge in [-0.1, -0.05) is 0 Å². The average Bonchev–Trinajstić information content (AvgIpc) is 0.391. The smallest absolute Gasteiger partial charge is 0.0000127 e. The van der Waals surface area contributed by atoms with E-state index in [2.05, 4.69) is 0 Å². The molecule has 0 N–H and O–H groups in total. The zero-order chi connectivity index (χ0) is 63.8. The van der Waals surface area contributed by atoms with Crippen LogP contribution in [0.2, 0.25) is 0 Å². The first kappa shape index (κ1) is 36.1. The van der Waals surface area contributed by atoms with Gasteiger partial charge in [0.1, 0.15) is 0 Å². The summed E-state index contributed by atoms with van der Waals surface area (Å²) in [6.07, 6.45) is 7.82. The molecule has 0 aromatic heterocycles. The lowest BCUT2D eigenvalue weighted by Gasteiger charge is -3.84. The van der Waals surface area contributed by atoms with Crippen molar-refractivity contribution in [3.63, 3.8) is 0 Å². The average molecular weight is 1490 g/mol. The van der Waals surface area contributed by atoms with E-state index in [0.29, 0.717) is 0 Å². The second-order valence-corrected chi connectivity index (χ2v) is 82.3. The van der Waals surface area contributed by atoms with Crippen LogP contribution in [-0.4, -0.2) is 0 Å². The van der Waals surface area contributed by atoms with Crippen LogP contribution in [0.15, 0.2) is 0 Å². The first-order valence-corrected chi connectivity index (χ1v) is 59.8. The summed E-state index contributed by atoms with van der Waals surface area (Å²) in [5.74, 6) is 55.8. The zero-order valence-electron chi connectivity index (χ0n) is 63.8. The number of hydrogen-bond acceptors (Lipinski definition) is 0. The molecule has 78 spiro atoms. The largest absolute Gasteiger partial charge is 0.0458 e. The van der Waals surface area contributed by atoms with E-state index in [1.165, 1.54) is 441 Å². The highest BCUT2D eigenvalue weighted by Crippen LogP contribution is 3.98. The van der Waals surface area contributed by atoms with Crippen LogP contribution in [0.3, 0.4) is 0 Å². The minimum atomic E-state index is 1.12. The van der Waals surface area contributed by atoms with Gasteiger partial charge in [0.05, 0.1) is 0 Å². The maximum atomic E-state index is 1.95. The Kier molecular flexibility index (Phi) is 1.45. The molecule has 0 aliphatic heterocycles. The molecule has 98 rings (SSSR count). The molecular weight excluding hydrogens is 1440 g/mol. The number of fused-ring (bicyclic) bond motifs is 34. The van der Waals surface area contributed by atoms with Crippen molar-refractivity contribution < 1.29 is 0 Å². The van der Waals surface area contributed by atoms with Crippen molar-refractivity contribution in [1.29, 1.82) is 0 Å². The Morgan fingerprint density at radius 1 is 0.0750 bits per heavy atom. The maximum Gasteiger partial charge on any atom is -0.0000127 e. The van der Waals surface area contributed by atoms with Crippen LogP contribution < -0.4 is 0 Å². The van der Waals surface area contributed by atoms with Crippen molar-refractivity contribution in [2.75, 3.05) is 0 Å². The molecule has 108 atom stereocenters. The summed E-state index contributed by atoms with van der Waals surface area (Å²) in [7, 11) is 0. The van der Waals surface area contributed by atoms with E-state index in [1.807, 2.05) is 25.7 Å². The van der Waals surface area contributed by atoms with Gasteiger partial charge in [-0.2, -0.15) is 0 Å². The van der Waals surface area contributed by atoms with Gasteiger partial charge in [0.25, 0.3) is 0 Å². The molecular formula is C120H46. The highest BCUT2D eigenvalue weighted by atomic mass is 15.9. The Labute approximate surface area is 668 Å². The van der Waals surface area contributed by atoms with E-state index >= 15 is 0 Å². The summed E-state index contributed by atoms with van der Waals surface area (Å²) in [6.45, 7) is 0. The second kappa shape index (κ2) is 4.83. The van der Waals surface area contributed by atoms with Crippen LogP contribution in [0.4, 0.5) is 0 Å². The molecule has 120 heavy (non-hydrogen) atoms. The Morgan fingerprint density at radius 3 is 0.275 bits per heavy atom. The van der Waals surface area contributed by atoms with Crippen molar-refractivity contribution in [2.45, 2.75) is 25.7 Å². The fourth-order valence-electron chi connectivity index (χ4n) is 155. The first-order valence-electron chi connectivity index (χ1n) is 59.8. The summed E-state index contributed by atoms with van der Waals surface area (Å²) < 4.78 is 0. The summed E-state index contributed by atoms with van der Waals surface area (Å²) in [5.41, 5.74) is 90.6. The molecule has 0 amide bonds. The Morgan fingerprint density at radius 2 is 0.158 bits per heavy atom.